The molecular weight excluding hydrogens is 292 g/mol. The van der Waals surface area contributed by atoms with E-state index in [2.05, 4.69) is 25.9 Å². The minimum absolute atomic E-state index is 0.115. The van der Waals surface area contributed by atoms with Crippen molar-refractivity contribution in [2.24, 2.45) is 0 Å². The van der Waals surface area contributed by atoms with E-state index in [4.69, 9.17) is 4.74 Å². The largest absolute Gasteiger partial charge is 0.383 e. The summed E-state index contributed by atoms with van der Waals surface area (Å²) < 4.78 is 6.44. The summed E-state index contributed by atoms with van der Waals surface area (Å²) in [4.78, 5) is 16.0. The molecule has 114 valence electrons. The van der Waals surface area contributed by atoms with Crippen LogP contribution in [0, 0.1) is 6.92 Å². The number of methoxy groups -OCH3 is 1. The predicted octanol–water partition coefficient (Wildman–Crippen LogP) is 0.418. The van der Waals surface area contributed by atoms with E-state index < -0.39 is 0 Å². The van der Waals surface area contributed by atoms with Gasteiger partial charge in [-0.25, -0.2) is 9.67 Å². The molecule has 1 amide bonds. The van der Waals surface area contributed by atoms with Crippen molar-refractivity contribution in [2.75, 3.05) is 25.6 Å². The molecule has 0 aliphatic rings. The highest BCUT2D eigenvalue weighted by atomic mass is 32.1. The summed E-state index contributed by atoms with van der Waals surface area (Å²) >= 11 is 1.40. The number of nitrogens with one attached hydrogen (secondary N) is 2. The number of carbonyl (C=O) groups excluding carboxylic acids is 1. The SMILES string of the molecule is COCCNCc1cn(CC(=O)Nc2nc(C)cs2)nn1. The third-order valence-electron chi connectivity index (χ3n) is 2.55. The number of carbonyl (C=O) groups is 1. The Bertz CT molecular complexity index is 582. The van der Waals surface area contributed by atoms with Crippen molar-refractivity contribution in [2.45, 2.75) is 20.0 Å². The summed E-state index contributed by atoms with van der Waals surface area (Å²) in [6.07, 6.45) is 1.74. The van der Waals surface area contributed by atoms with Gasteiger partial charge in [0.1, 0.15) is 6.54 Å². The lowest BCUT2D eigenvalue weighted by atomic mass is 10.4. The Kier molecular flexibility index (Phi) is 5.78. The Morgan fingerprint density at radius 1 is 1.52 bits per heavy atom. The van der Waals surface area contributed by atoms with Crippen molar-refractivity contribution in [3.05, 3.63) is 23.0 Å². The van der Waals surface area contributed by atoms with E-state index in [1.165, 1.54) is 16.0 Å². The molecule has 0 aliphatic carbocycles. The average molecular weight is 310 g/mol. The lowest BCUT2D eigenvalue weighted by Gasteiger charge is -2.01. The van der Waals surface area contributed by atoms with Crippen LogP contribution in [-0.2, 0) is 22.6 Å². The van der Waals surface area contributed by atoms with Crippen molar-refractivity contribution >= 4 is 22.4 Å². The quantitative estimate of drug-likeness (QED) is 0.686. The maximum Gasteiger partial charge on any atom is 0.247 e. The Labute approximate surface area is 126 Å². The highest BCUT2D eigenvalue weighted by Crippen LogP contribution is 2.14. The Morgan fingerprint density at radius 2 is 2.38 bits per heavy atom. The summed E-state index contributed by atoms with van der Waals surface area (Å²) in [7, 11) is 1.65. The van der Waals surface area contributed by atoms with Crippen molar-refractivity contribution < 1.29 is 9.53 Å². The Balaban J connectivity index is 1.77. The molecule has 0 unspecified atom stereocenters. The monoisotopic (exact) mass is 310 g/mol. The Morgan fingerprint density at radius 3 is 3.10 bits per heavy atom. The van der Waals surface area contributed by atoms with Crippen LogP contribution in [0.1, 0.15) is 11.4 Å². The van der Waals surface area contributed by atoms with Gasteiger partial charge in [0.15, 0.2) is 5.13 Å². The highest BCUT2D eigenvalue weighted by Gasteiger charge is 2.08. The minimum Gasteiger partial charge on any atom is -0.383 e. The molecule has 9 heteroatoms. The van der Waals surface area contributed by atoms with Gasteiger partial charge in [-0.2, -0.15) is 0 Å². The molecule has 2 N–H and O–H groups in total. The third kappa shape index (κ3) is 5.21. The van der Waals surface area contributed by atoms with E-state index in [0.29, 0.717) is 18.3 Å². The number of amides is 1. The average Bonchev–Trinajstić information content (AvgIpc) is 3.04. The highest BCUT2D eigenvalue weighted by molar-refractivity contribution is 7.13. The summed E-state index contributed by atoms with van der Waals surface area (Å²) in [5.41, 5.74) is 1.67. The van der Waals surface area contributed by atoms with Gasteiger partial charge in [-0.3, -0.25) is 4.79 Å². The fourth-order valence-electron chi connectivity index (χ4n) is 1.60. The number of anilines is 1. The zero-order valence-corrected chi connectivity index (χ0v) is 12.8. The number of hydrogen-bond donors (Lipinski definition) is 2. The molecule has 0 saturated heterocycles. The first-order chi connectivity index (χ1) is 10.2. The number of nitrogens with zero attached hydrogens (tertiary/aromatic N) is 4. The predicted molar refractivity (Wildman–Crippen MR) is 79.1 cm³/mol. The van der Waals surface area contributed by atoms with E-state index in [-0.39, 0.29) is 12.5 Å². The van der Waals surface area contributed by atoms with Crippen LogP contribution in [0.3, 0.4) is 0 Å². The topological polar surface area (TPSA) is 94.0 Å². The van der Waals surface area contributed by atoms with E-state index in [9.17, 15) is 4.79 Å². The minimum atomic E-state index is -0.173. The number of aromatic nitrogens is 4. The van der Waals surface area contributed by atoms with Crippen molar-refractivity contribution in [1.29, 1.82) is 0 Å². The summed E-state index contributed by atoms with van der Waals surface area (Å²) in [6, 6.07) is 0. The molecule has 0 spiro atoms. The fourth-order valence-corrected chi connectivity index (χ4v) is 2.31. The van der Waals surface area contributed by atoms with E-state index >= 15 is 0 Å². The van der Waals surface area contributed by atoms with Gasteiger partial charge in [-0.15, -0.1) is 16.4 Å². The van der Waals surface area contributed by atoms with Gasteiger partial charge in [0.25, 0.3) is 0 Å². The number of hydrogen-bond acceptors (Lipinski definition) is 7. The van der Waals surface area contributed by atoms with Crippen LogP contribution in [0.5, 0.6) is 0 Å². The van der Waals surface area contributed by atoms with Gasteiger partial charge in [-0.1, -0.05) is 5.21 Å². The Hall–Kier alpha value is -1.84. The fraction of sp³-hybridized carbons (Fsp3) is 0.500. The van der Waals surface area contributed by atoms with Gasteiger partial charge >= 0.3 is 0 Å². The molecule has 8 nitrogen and oxygen atoms in total. The summed E-state index contributed by atoms with van der Waals surface area (Å²) in [5.74, 6) is -0.173. The van der Waals surface area contributed by atoms with Crippen molar-refractivity contribution in [3.63, 3.8) is 0 Å². The standard InChI is InChI=1S/C12H18N6O2S/c1-9-8-21-12(14-9)15-11(19)7-18-6-10(16-17-18)5-13-3-4-20-2/h6,8,13H,3-5,7H2,1-2H3,(H,14,15,19). The molecule has 0 aromatic carbocycles. The van der Waals surface area contributed by atoms with Crippen LogP contribution in [0.25, 0.3) is 0 Å². The maximum atomic E-state index is 11.8. The first kappa shape index (κ1) is 15.5. The maximum absolute atomic E-state index is 11.8. The molecule has 2 heterocycles. The second-order valence-corrected chi connectivity index (χ2v) is 5.28. The third-order valence-corrected chi connectivity index (χ3v) is 3.42. The molecule has 0 atom stereocenters. The van der Waals surface area contributed by atoms with Crippen LogP contribution < -0.4 is 10.6 Å². The second kappa shape index (κ2) is 7.81. The zero-order valence-electron chi connectivity index (χ0n) is 12.0. The molecular formula is C12H18N6O2S. The van der Waals surface area contributed by atoms with Crippen LogP contribution in [0.2, 0.25) is 0 Å². The number of thiazole rings is 1. The molecule has 0 aliphatic heterocycles. The smallest absolute Gasteiger partial charge is 0.247 e. The zero-order chi connectivity index (χ0) is 15.1. The molecule has 0 bridgehead atoms. The molecule has 2 aromatic rings. The van der Waals surface area contributed by atoms with Gasteiger partial charge in [0.2, 0.25) is 5.91 Å². The lowest BCUT2D eigenvalue weighted by Crippen LogP contribution is -2.19. The van der Waals surface area contributed by atoms with E-state index in [1.807, 2.05) is 12.3 Å². The molecule has 0 fully saturated rings. The molecule has 0 radical (unpaired) electrons. The van der Waals surface area contributed by atoms with Gasteiger partial charge < -0.3 is 15.4 Å². The van der Waals surface area contributed by atoms with Crippen LogP contribution in [-0.4, -0.2) is 46.1 Å². The number of rotatable bonds is 8. The van der Waals surface area contributed by atoms with E-state index in [1.54, 1.807) is 13.3 Å². The summed E-state index contributed by atoms with van der Waals surface area (Å²) in [6.45, 7) is 3.98. The van der Waals surface area contributed by atoms with Crippen LogP contribution in [0.15, 0.2) is 11.6 Å². The second-order valence-electron chi connectivity index (χ2n) is 4.42. The van der Waals surface area contributed by atoms with E-state index in [0.717, 1.165) is 17.9 Å². The molecule has 2 rings (SSSR count). The van der Waals surface area contributed by atoms with Crippen molar-refractivity contribution in [3.8, 4) is 0 Å². The van der Waals surface area contributed by atoms with Gasteiger partial charge in [-0.05, 0) is 6.92 Å². The first-order valence-corrected chi connectivity index (χ1v) is 7.36. The normalized spacial score (nSPS) is 10.8. The molecule has 2 aromatic heterocycles. The summed E-state index contributed by atoms with van der Waals surface area (Å²) in [5, 5.41) is 16.3. The van der Waals surface area contributed by atoms with Crippen molar-refractivity contribution in [1.82, 2.24) is 25.3 Å². The first-order valence-electron chi connectivity index (χ1n) is 6.48. The number of ether oxygens (including phenoxy) is 1. The number of aryl methyl sites for hydroxylation is 1. The lowest BCUT2D eigenvalue weighted by molar-refractivity contribution is -0.116. The van der Waals surface area contributed by atoms with Crippen LogP contribution in [0.4, 0.5) is 5.13 Å². The van der Waals surface area contributed by atoms with Crippen LogP contribution >= 0.6 is 11.3 Å². The van der Waals surface area contributed by atoms with Gasteiger partial charge in [0.05, 0.1) is 24.2 Å². The molecule has 0 saturated carbocycles. The van der Waals surface area contributed by atoms with Gasteiger partial charge in [0, 0.05) is 25.6 Å². The molecule has 21 heavy (non-hydrogen) atoms.